The number of ether oxygens (including phenoxy) is 2. The average Bonchev–Trinajstić information content (AvgIpc) is 3.22. The fourth-order valence-electron chi connectivity index (χ4n) is 6.13. The van der Waals surface area contributed by atoms with E-state index in [4.69, 9.17) is 9.47 Å². The van der Waals surface area contributed by atoms with Crippen LogP contribution < -0.4 is 15.4 Å². The molecule has 0 aliphatic carbocycles. The van der Waals surface area contributed by atoms with Crippen molar-refractivity contribution in [2.75, 3.05) is 30.8 Å². The fraction of sp³-hybridized carbons (Fsp3) is 0.471. The quantitative estimate of drug-likeness (QED) is 0.278. The molecule has 3 heterocycles. The van der Waals surface area contributed by atoms with Crippen LogP contribution in [0.25, 0.3) is 0 Å². The van der Waals surface area contributed by atoms with Crippen LogP contribution in [0.1, 0.15) is 81.3 Å². The second kappa shape index (κ2) is 12.4. The Kier molecular flexibility index (Phi) is 8.94. The summed E-state index contributed by atoms with van der Waals surface area (Å²) in [4.78, 5) is 35.2. The van der Waals surface area contributed by atoms with E-state index in [2.05, 4.69) is 20.6 Å². The number of aromatic nitrogens is 2. The number of halogens is 3. The van der Waals surface area contributed by atoms with Crippen molar-refractivity contribution in [1.29, 1.82) is 0 Å². The number of benzene rings is 2. The van der Waals surface area contributed by atoms with Gasteiger partial charge in [-0.05, 0) is 95.2 Å². The molecular formula is C34H40F3N5O4. The van der Waals surface area contributed by atoms with E-state index in [1.54, 1.807) is 36.9 Å². The molecule has 3 aromatic rings. The molecule has 2 aliphatic rings. The fourth-order valence-corrected chi connectivity index (χ4v) is 6.13. The van der Waals surface area contributed by atoms with Gasteiger partial charge in [0.1, 0.15) is 11.4 Å². The van der Waals surface area contributed by atoms with Crippen LogP contribution in [0.3, 0.4) is 0 Å². The Morgan fingerprint density at radius 1 is 1.15 bits per heavy atom. The average molecular weight is 640 g/mol. The third-order valence-electron chi connectivity index (χ3n) is 8.41. The predicted molar refractivity (Wildman–Crippen MR) is 169 cm³/mol. The van der Waals surface area contributed by atoms with Crippen molar-refractivity contribution in [3.8, 4) is 5.75 Å². The third kappa shape index (κ3) is 7.05. The lowest BCUT2D eigenvalue weighted by Gasteiger charge is -2.34. The van der Waals surface area contributed by atoms with Gasteiger partial charge in [-0.1, -0.05) is 18.2 Å². The SMILES string of the molecule is COc1cc(C2CCCN(C(=O)OC(C)(C)C)C2)ccc1Nc1ncc(C(F)(F)F)c(CCc2cccc3c2C(C)(C)C(=O)N3)n1. The highest BCUT2D eigenvalue weighted by Crippen LogP contribution is 2.41. The van der Waals surface area contributed by atoms with E-state index in [0.29, 0.717) is 30.2 Å². The maximum absolute atomic E-state index is 14.0. The van der Waals surface area contributed by atoms with Gasteiger partial charge in [-0.25, -0.2) is 14.8 Å². The molecule has 0 saturated carbocycles. The number of rotatable bonds is 7. The minimum atomic E-state index is -4.64. The zero-order valence-electron chi connectivity index (χ0n) is 27.0. The van der Waals surface area contributed by atoms with Crippen LogP contribution in [-0.4, -0.2) is 52.7 Å². The molecule has 1 unspecified atom stereocenters. The lowest BCUT2D eigenvalue weighted by atomic mass is 9.82. The first-order valence-electron chi connectivity index (χ1n) is 15.4. The van der Waals surface area contributed by atoms with Gasteiger partial charge in [-0.15, -0.1) is 0 Å². The topological polar surface area (TPSA) is 106 Å². The van der Waals surface area contributed by atoms with Crippen LogP contribution in [-0.2, 0) is 34.0 Å². The highest BCUT2D eigenvalue weighted by atomic mass is 19.4. The van der Waals surface area contributed by atoms with E-state index in [0.717, 1.165) is 35.7 Å². The Morgan fingerprint density at radius 2 is 1.91 bits per heavy atom. The lowest BCUT2D eigenvalue weighted by Crippen LogP contribution is -2.42. The maximum atomic E-state index is 14.0. The van der Waals surface area contributed by atoms with Crippen molar-refractivity contribution in [2.45, 2.75) is 83.4 Å². The molecule has 246 valence electrons. The minimum Gasteiger partial charge on any atom is -0.495 e. The molecule has 5 rings (SSSR count). The molecule has 2 aliphatic heterocycles. The molecule has 1 aromatic heterocycles. The Bertz CT molecular complexity index is 1630. The number of hydrogen-bond acceptors (Lipinski definition) is 7. The van der Waals surface area contributed by atoms with Crippen molar-refractivity contribution in [2.24, 2.45) is 0 Å². The summed E-state index contributed by atoms with van der Waals surface area (Å²) < 4.78 is 53.2. The Morgan fingerprint density at radius 3 is 2.61 bits per heavy atom. The monoisotopic (exact) mass is 639 g/mol. The van der Waals surface area contributed by atoms with Crippen molar-refractivity contribution in [1.82, 2.24) is 14.9 Å². The number of piperidine rings is 1. The minimum absolute atomic E-state index is 0.00159. The highest BCUT2D eigenvalue weighted by Gasteiger charge is 2.40. The van der Waals surface area contributed by atoms with Gasteiger partial charge in [-0.2, -0.15) is 13.2 Å². The Balaban J connectivity index is 1.36. The van der Waals surface area contributed by atoms with E-state index < -0.39 is 22.8 Å². The number of likely N-dealkylation sites (tertiary alicyclic amines) is 1. The highest BCUT2D eigenvalue weighted by molar-refractivity contribution is 6.06. The van der Waals surface area contributed by atoms with Crippen LogP contribution in [0.15, 0.2) is 42.6 Å². The molecule has 2 aromatic carbocycles. The number of hydrogen-bond donors (Lipinski definition) is 2. The van der Waals surface area contributed by atoms with Gasteiger partial charge in [0.25, 0.3) is 0 Å². The molecule has 1 saturated heterocycles. The second-order valence-corrected chi connectivity index (χ2v) is 13.3. The molecule has 12 heteroatoms. The summed E-state index contributed by atoms with van der Waals surface area (Å²) in [7, 11) is 1.51. The zero-order chi connectivity index (χ0) is 33.4. The summed E-state index contributed by atoms with van der Waals surface area (Å²) in [5.74, 6) is 0.380. The Labute approximate surface area is 266 Å². The normalized spacial score (nSPS) is 17.7. The molecule has 2 N–H and O–H groups in total. The van der Waals surface area contributed by atoms with E-state index in [1.165, 1.54) is 7.11 Å². The van der Waals surface area contributed by atoms with Gasteiger partial charge in [0, 0.05) is 30.9 Å². The number of aryl methyl sites for hydroxylation is 2. The lowest BCUT2D eigenvalue weighted by molar-refractivity contribution is -0.138. The summed E-state index contributed by atoms with van der Waals surface area (Å²) in [5, 5.41) is 5.89. The number of amides is 2. The van der Waals surface area contributed by atoms with E-state index >= 15 is 0 Å². The smallest absolute Gasteiger partial charge is 0.419 e. The first-order chi connectivity index (χ1) is 21.6. The first-order valence-corrected chi connectivity index (χ1v) is 15.4. The standard InChI is InChI=1S/C34H40F3N5O4/c1-32(2,3)46-31(44)42-16-8-10-22(19-42)21-13-15-25(27(17-21)45-6)41-30-38-18-23(34(35,36)37)24(40-30)14-12-20-9-7-11-26-28(20)33(4,5)29(43)39-26/h7,9,11,13,15,17-18,22H,8,10,12,14,16,19H2,1-6H3,(H,39,43)(H,38,40,41). The summed E-state index contributed by atoms with van der Waals surface area (Å²) in [6, 6.07) is 11.0. The number of fused-ring (bicyclic) bond motifs is 1. The molecule has 1 fully saturated rings. The number of carbonyl (C=O) groups is 2. The summed E-state index contributed by atoms with van der Waals surface area (Å²) in [6.07, 6.45) is -2.25. The van der Waals surface area contributed by atoms with E-state index in [9.17, 15) is 22.8 Å². The van der Waals surface area contributed by atoms with Crippen molar-refractivity contribution < 1.29 is 32.2 Å². The Hall–Kier alpha value is -4.35. The van der Waals surface area contributed by atoms with Gasteiger partial charge in [0.15, 0.2) is 0 Å². The molecule has 9 nitrogen and oxygen atoms in total. The summed E-state index contributed by atoms with van der Waals surface area (Å²) >= 11 is 0. The molecule has 0 spiro atoms. The molecule has 46 heavy (non-hydrogen) atoms. The number of anilines is 3. The molecule has 1 atom stereocenters. The van der Waals surface area contributed by atoms with Crippen LogP contribution >= 0.6 is 0 Å². The number of carbonyl (C=O) groups excluding carboxylic acids is 2. The van der Waals surface area contributed by atoms with Crippen LogP contribution in [0.4, 0.5) is 35.3 Å². The first kappa shape index (κ1) is 33.0. The molecular weight excluding hydrogens is 599 g/mol. The maximum Gasteiger partial charge on any atom is 0.419 e. The van der Waals surface area contributed by atoms with Crippen LogP contribution in [0.5, 0.6) is 5.75 Å². The third-order valence-corrected chi connectivity index (χ3v) is 8.41. The second-order valence-electron chi connectivity index (χ2n) is 13.3. The molecule has 2 amide bonds. The largest absolute Gasteiger partial charge is 0.495 e. The molecule has 0 radical (unpaired) electrons. The van der Waals surface area contributed by atoms with E-state index in [1.807, 2.05) is 39.0 Å². The van der Waals surface area contributed by atoms with Crippen molar-refractivity contribution in [3.05, 3.63) is 70.5 Å². The number of nitrogens with one attached hydrogen (secondary N) is 2. The molecule has 0 bridgehead atoms. The van der Waals surface area contributed by atoms with E-state index in [-0.39, 0.29) is 42.4 Å². The number of nitrogens with zero attached hydrogens (tertiary/aromatic N) is 3. The van der Waals surface area contributed by atoms with Crippen LogP contribution in [0.2, 0.25) is 0 Å². The van der Waals surface area contributed by atoms with Gasteiger partial charge < -0.3 is 25.0 Å². The predicted octanol–water partition coefficient (Wildman–Crippen LogP) is 7.38. The van der Waals surface area contributed by atoms with Gasteiger partial charge >= 0.3 is 12.3 Å². The number of alkyl halides is 3. The zero-order valence-corrected chi connectivity index (χ0v) is 27.0. The van der Waals surface area contributed by atoms with Crippen molar-refractivity contribution in [3.63, 3.8) is 0 Å². The van der Waals surface area contributed by atoms with Gasteiger partial charge in [-0.3, -0.25) is 4.79 Å². The number of methoxy groups -OCH3 is 1. The summed E-state index contributed by atoms with van der Waals surface area (Å²) in [6.45, 7) is 10.2. The summed E-state index contributed by atoms with van der Waals surface area (Å²) in [5.41, 5.74) is 1.26. The van der Waals surface area contributed by atoms with Gasteiger partial charge in [0.05, 0.1) is 29.5 Å². The van der Waals surface area contributed by atoms with Gasteiger partial charge in [0.2, 0.25) is 11.9 Å². The van der Waals surface area contributed by atoms with Crippen molar-refractivity contribution >= 4 is 29.3 Å². The van der Waals surface area contributed by atoms with Crippen LogP contribution in [0, 0.1) is 0 Å².